The normalized spacial score (nSPS) is 27.9. The highest BCUT2D eigenvalue weighted by Crippen LogP contribution is 2.24. The van der Waals surface area contributed by atoms with Gasteiger partial charge in [0.1, 0.15) is 0 Å². The maximum absolute atomic E-state index is 5.59. The first kappa shape index (κ1) is 12.3. The molecule has 0 bridgehead atoms. The molecule has 2 fully saturated rings. The van der Waals surface area contributed by atoms with E-state index in [4.69, 9.17) is 4.74 Å². The minimum atomic E-state index is 0.199. The largest absolute Gasteiger partial charge is 0.378 e. The number of hydrogen-bond donors (Lipinski definition) is 1. The number of morpholine rings is 1. The molecule has 1 saturated heterocycles. The second-order valence-corrected chi connectivity index (χ2v) is 5.80. The van der Waals surface area contributed by atoms with Crippen LogP contribution < -0.4 is 5.32 Å². The summed E-state index contributed by atoms with van der Waals surface area (Å²) in [7, 11) is 0. The van der Waals surface area contributed by atoms with Gasteiger partial charge in [-0.05, 0) is 33.1 Å². The number of hydrogen-bond acceptors (Lipinski definition) is 3. The Balaban J connectivity index is 1.89. The third kappa shape index (κ3) is 2.96. The lowest BCUT2D eigenvalue weighted by Crippen LogP contribution is -2.59. The molecule has 94 valence electrons. The average molecular weight is 226 g/mol. The Hall–Kier alpha value is -0.120. The van der Waals surface area contributed by atoms with Crippen molar-refractivity contribution in [3.05, 3.63) is 0 Å². The van der Waals surface area contributed by atoms with E-state index in [1.54, 1.807) is 0 Å². The van der Waals surface area contributed by atoms with Gasteiger partial charge in [0.2, 0.25) is 0 Å². The van der Waals surface area contributed by atoms with Crippen LogP contribution in [0.15, 0.2) is 0 Å². The summed E-state index contributed by atoms with van der Waals surface area (Å²) in [5.74, 6) is 0. The second-order valence-electron chi connectivity index (χ2n) is 5.80. The summed E-state index contributed by atoms with van der Waals surface area (Å²) in [6.07, 6.45) is 3.98. The van der Waals surface area contributed by atoms with E-state index in [-0.39, 0.29) is 5.54 Å². The molecule has 1 aliphatic carbocycles. The van der Waals surface area contributed by atoms with E-state index in [1.807, 2.05) is 0 Å². The van der Waals surface area contributed by atoms with Crippen LogP contribution in [0, 0.1) is 0 Å². The Labute approximate surface area is 99.5 Å². The molecule has 1 heterocycles. The van der Waals surface area contributed by atoms with Crippen molar-refractivity contribution in [1.82, 2.24) is 10.2 Å². The van der Waals surface area contributed by atoms with Gasteiger partial charge < -0.3 is 10.1 Å². The van der Waals surface area contributed by atoms with Crippen LogP contribution in [0.25, 0.3) is 0 Å². The van der Waals surface area contributed by atoms with Gasteiger partial charge in [-0.15, -0.1) is 0 Å². The van der Waals surface area contributed by atoms with Gasteiger partial charge in [-0.2, -0.15) is 0 Å². The average Bonchev–Trinajstić information content (AvgIpc) is 3.04. The molecule has 2 rings (SSSR count). The monoisotopic (exact) mass is 226 g/mol. The van der Waals surface area contributed by atoms with Crippen molar-refractivity contribution in [2.45, 2.75) is 57.7 Å². The van der Waals surface area contributed by atoms with Crippen LogP contribution in [0.5, 0.6) is 0 Å². The van der Waals surface area contributed by atoms with Crippen molar-refractivity contribution < 1.29 is 4.74 Å². The summed E-state index contributed by atoms with van der Waals surface area (Å²) in [5.41, 5.74) is 0.199. The molecule has 0 spiro atoms. The Morgan fingerprint density at radius 3 is 2.75 bits per heavy atom. The van der Waals surface area contributed by atoms with E-state index < -0.39 is 0 Å². The second kappa shape index (κ2) is 5.03. The van der Waals surface area contributed by atoms with Crippen molar-refractivity contribution >= 4 is 0 Å². The molecule has 3 nitrogen and oxygen atoms in total. The van der Waals surface area contributed by atoms with Gasteiger partial charge in [-0.3, -0.25) is 4.90 Å². The van der Waals surface area contributed by atoms with Gasteiger partial charge in [0.25, 0.3) is 0 Å². The lowest BCUT2D eigenvalue weighted by molar-refractivity contribution is -0.0721. The quantitative estimate of drug-likeness (QED) is 0.771. The van der Waals surface area contributed by atoms with Gasteiger partial charge >= 0.3 is 0 Å². The predicted molar refractivity (Wildman–Crippen MR) is 66.7 cm³/mol. The van der Waals surface area contributed by atoms with Gasteiger partial charge in [0, 0.05) is 30.7 Å². The van der Waals surface area contributed by atoms with Gasteiger partial charge in [0.05, 0.1) is 13.2 Å². The van der Waals surface area contributed by atoms with Crippen molar-refractivity contribution in [3.8, 4) is 0 Å². The minimum absolute atomic E-state index is 0.199. The fourth-order valence-electron chi connectivity index (χ4n) is 2.61. The SMILES string of the molecule is CCC(CNC1CC1)N1CCOCC1(C)C. The van der Waals surface area contributed by atoms with E-state index >= 15 is 0 Å². The Bertz CT molecular complexity index is 226. The molecule has 0 radical (unpaired) electrons. The smallest absolute Gasteiger partial charge is 0.0645 e. The first-order chi connectivity index (χ1) is 7.63. The van der Waals surface area contributed by atoms with Gasteiger partial charge in [-0.25, -0.2) is 0 Å². The number of nitrogens with zero attached hydrogens (tertiary/aromatic N) is 1. The first-order valence-electron chi connectivity index (χ1n) is 6.71. The molecule has 2 aliphatic rings. The maximum Gasteiger partial charge on any atom is 0.0645 e. The zero-order chi connectivity index (χ0) is 11.6. The van der Waals surface area contributed by atoms with Crippen LogP contribution in [-0.2, 0) is 4.74 Å². The van der Waals surface area contributed by atoms with Crippen molar-refractivity contribution in [3.63, 3.8) is 0 Å². The Morgan fingerprint density at radius 1 is 1.44 bits per heavy atom. The van der Waals surface area contributed by atoms with Crippen LogP contribution in [0.1, 0.15) is 40.0 Å². The summed E-state index contributed by atoms with van der Waals surface area (Å²) >= 11 is 0. The van der Waals surface area contributed by atoms with E-state index in [9.17, 15) is 0 Å². The molecule has 0 aromatic rings. The number of ether oxygens (including phenoxy) is 1. The molecule has 0 aromatic carbocycles. The van der Waals surface area contributed by atoms with Crippen LogP contribution >= 0.6 is 0 Å². The van der Waals surface area contributed by atoms with E-state index in [2.05, 4.69) is 31.0 Å². The molecule has 1 N–H and O–H groups in total. The fourth-order valence-corrected chi connectivity index (χ4v) is 2.61. The molecule has 1 saturated carbocycles. The summed E-state index contributed by atoms with van der Waals surface area (Å²) in [4.78, 5) is 2.63. The molecule has 1 atom stereocenters. The summed E-state index contributed by atoms with van der Waals surface area (Å²) in [5, 5.41) is 3.66. The van der Waals surface area contributed by atoms with Crippen molar-refractivity contribution in [2.24, 2.45) is 0 Å². The highest BCUT2D eigenvalue weighted by molar-refractivity contribution is 4.91. The fraction of sp³-hybridized carbons (Fsp3) is 1.00. The summed E-state index contributed by atoms with van der Waals surface area (Å²) in [6.45, 7) is 10.9. The van der Waals surface area contributed by atoms with Gasteiger partial charge in [-0.1, -0.05) is 6.92 Å². The first-order valence-corrected chi connectivity index (χ1v) is 6.71. The molecule has 0 aromatic heterocycles. The predicted octanol–water partition coefficient (Wildman–Crippen LogP) is 1.63. The molecular weight excluding hydrogens is 200 g/mol. The standard InChI is InChI=1S/C13H26N2O/c1-4-12(9-14-11-5-6-11)15-7-8-16-10-13(15,2)3/h11-12,14H,4-10H2,1-3H3. The molecule has 3 heteroatoms. The van der Waals surface area contributed by atoms with Gasteiger partial charge in [0.15, 0.2) is 0 Å². The minimum Gasteiger partial charge on any atom is -0.378 e. The van der Waals surface area contributed by atoms with Crippen molar-refractivity contribution in [1.29, 1.82) is 0 Å². The molecular formula is C13H26N2O. The highest BCUT2D eigenvalue weighted by Gasteiger charge is 2.35. The zero-order valence-electron chi connectivity index (χ0n) is 11.0. The molecule has 16 heavy (non-hydrogen) atoms. The lowest BCUT2D eigenvalue weighted by Gasteiger charge is -2.46. The Morgan fingerprint density at radius 2 is 2.19 bits per heavy atom. The van der Waals surface area contributed by atoms with Crippen LogP contribution in [0.4, 0.5) is 0 Å². The number of rotatable bonds is 5. The maximum atomic E-state index is 5.59. The number of nitrogens with one attached hydrogen (secondary N) is 1. The highest BCUT2D eigenvalue weighted by atomic mass is 16.5. The van der Waals surface area contributed by atoms with Crippen LogP contribution in [0.3, 0.4) is 0 Å². The van der Waals surface area contributed by atoms with E-state index in [0.717, 1.165) is 32.3 Å². The Kier molecular flexibility index (Phi) is 3.88. The van der Waals surface area contributed by atoms with Crippen molar-refractivity contribution in [2.75, 3.05) is 26.3 Å². The van der Waals surface area contributed by atoms with Crippen LogP contribution in [-0.4, -0.2) is 48.8 Å². The molecule has 1 aliphatic heterocycles. The van der Waals surface area contributed by atoms with E-state index in [1.165, 1.54) is 19.3 Å². The third-order valence-electron chi connectivity index (χ3n) is 3.84. The van der Waals surface area contributed by atoms with E-state index in [0.29, 0.717) is 6.04 Å². The summed E-state index contributed by atoms with van der Waals surface area (Å²) < 4.78 is 5.59. The topological polar surface area (TPSA) is 24.5 Å². The van der Waals surface area contributed by atoms with Crippen LogP contribution in [0.2, 0.25) is 0 Å². The molecule has 0 amide bonds. The zero-order valence-corrected chi connectivity index (χ0v) is 11.0. The lowest BCUT2D eigenvalue weighted by atomic mass is 9.98. The molecule has 1 unspecified atom stereocenters. The third-order valence-corrected chi connectivity index (χ3v) is 3.84. The summed E-state index contributed by atoms with van der Waals surface area (Å²) in [6, 6.07) is 1.48.